The van der Waals surface area contributed by atoms with Crippen molar-refractivity contribution in [2.75, 3.05) is 32.7 Å². The van der Waals surface area contributed by atoms with Crippen LogP contribution in [0.25, 0.3) is 0 Å². The molecule has 1 aromatic rings. The lowest BCUT2D eigenvalue weighted by Crippen LogP contribution is -2.64. The highest BCUT2D eigenvalue weighted by atomic mass is 35.5. The summed E-state index contributed by atoms with van der Waals surface area (Å²) in [6.45, 7) is 5.03. The first kappa shape index (κ1) is 13.3. The highest BCUT2D eigenvalue weighted by Crippen LogP contribution is 2.22. The summed E-state index contributed by atoms with van der Waals surface area (Å²) >= 11 is 5.88. The first-order chi connectivity index (χ1) is 9.13. The Bertz CT molecular complexity index is 463. The molecule has 2 unspecified atom stereocenters. The van der Waals surface area contributed by atoms with E-state index in [1.807, 2.05) is 0 Å². The van der Waals surface area contributed by atoms with Crippen LogP contribution in [0.5, 0.6) is 0 Å². The Morgan fingerprint density at radius 3 is 2.68 bits per heavy atom. The van der Waals surface area contributed by atoms with E-state index < -0.39 is 6.10 Å². The Morgan fingerprint density at radius 2 is 2.05 bits per heavy atom. The fourth-order valence-electron chi connectivity index (χ4n) is 3.08. The van der Waals surface area contributed by atoms with Crippen molar-refractivity contribution in [3.8, 4) is 0 Å². The molecule has 3 aliphatic rings. The fourth-order valence-corrected chi connectivity index (χ4v) is 3.28. The lowest BCUT2D eigenvalue weighted by molar-refractivity contribution is -0.0455. The molecule has 19 heavy (non-hydrogen) atoms. The van der Waals surface area contributed by atoms with Gasteiger partial charge in [-0.3, -0.25) is 9.80 Å². The number of fused-ring (bicyclic) bond motifs is 3. The Kier molecular flexibility index (Phi) is 3.76. The number of hydrogen-bond acceptors (Lipinski definition) is 3. The maximum absolute atomic E-state index is 13.7. The summed E-state index contributed by atoms with van der Waals surface area (Å²) in [6, 6.07) is 4.61. The minimum atomic E-state index is -0.545. The van der Waals surface area contributed by atoms with Gasteiger partial charge in [0.1, 0.15) is 5.82 Å². The van der Waals surface area contributed by atoms with Crippen LogP contribution in [0.2, 0.25) is 5.02 Å². The molecule has 0 amide bonds. The Balaban J connectivity index is 1.71. The summed E-state index contributed by atoms with van der Waals surface area (Å²) in [5.41, 5.74) is 0.498. The van der Waals surface area contributed by atoms with Gasteiger partial charge in [-0.25, -0.2) is 4.39 Å². The van der Waals surface area contributed by atoms with Gasteiger partial charge < -0.3 is 5.11 Å². The number of aliphatic hydroxyl groups is 1. The monoisotopic (exact) mass is 284 g/mol. The zero-order valence-electron chi connectivity index (χ0n) is 10.7. The molecule has 1 N–H and O–H groups in total. The highest BCUT2D eigenvalue weighted by Gasteiger charge is 2.36. The van der Waals surface area contributed by atoms with E-state index in [9.17, 15) is 9.50 Å². The van der Waals surface area contributed by atoms with Crippen LogP contribution in [0.4, 0.5) is 4.39 Å². The molecule has 0 spiro atoms. The van der Waals surface area contributed by atoms with Gasteiger partial charge in [0.25, 0.3) is 0 Å². The molecule has 0 aliphatic carbocycles. The van der Waals surface area contributed by atoms with E-state index in [0.717, 1.165) is 32.7 Å². The van der Waals surface area contributed by atoms with E-state index in [0.29, 0.717) is 17.0 Å². The van der Waals surface area contributed by atoms with Gasteiger partial charge in [-0.15, -0.1) is 0 Å². The summed E-state index contributed by atoms with van der Waals surface area (Å²) in [4.78, 5) is 4.68. The molecule has 104 valence electrons. The molecule has 5 heteroatoms. The van der Waals surface area contributed by atoms with Crippen LogP contribution in [-0.2, 0) is 6.42 Å². The van der Waals surface area contributed by atoms with Crippen molar-refractivity contribution in [3.05, 3.63) is 34.6 Å². The van der Waals surface area contributed by atoms with Crippen molar-refractivity contribution in [3.63, 3.8) is 0 Å². The fraction of sp³-hybridized carbons (Fsp3) is 0.571. The van der Waals surface area contributed by atoms with Gasteiger partial charge in [-0.1, -0.05) is 11.6 Å². The second-order valence-electron chi connectivity index (χ2n) is 5.41. The van der Waals surface area contributed by atoms with E-state index in [2.05, 4.69) is 9.80 Å². The first-order valence-electron chi connectivity index (χ1n) is 6.72. The van der Waals surface area contributed by atoms with Crippen LogP contribution < -0.4 is 0 Å². The molecule has 0 radical (unpaired) electrons. The standard InChI is InChI=1S/C14H18ClFN2O/c15-11-1-2-12(16)10(7-11)8-14(19)13-9-17-3-5-18(13)6-4-17/h1-2,7,13-14,19H,3-6,8-9H2. The third-order valence-corrected chi connectivity index (χ3v) is 4.44. The summed E-state index contributed by atoms with van der Waals surface area (Å²) in [6.07, 6.45) is -0.224. The summed E-state index contributed by atoms with van der Waals surface area (Å²) in [5, 5.41) is 10.9. The zero-order valence-corrected chi connectivity index (χ0v) is 11.5. The van der Waals surface area contributed by atoms with Crippen molar-refractivity contribution in [1.29, 1.82) is 0 Å². The van der Waals surface area contributed by atoms with Crippen molar-refractivity contribution in [2.45, 2.75) is 18.6 Å². The van der Waals surface area contributed by atoms with Gasteiger partial charge in [0.2, 0.25) is 0 Å². The molecular weight excluding hydrogens is 267 g/mol. The van der Waals surface area contributed by atoms with Crippen LogP contribution in [-0.4, -0.2) is 59.8 Å². The lowest BCUT2D eigenvalue weighted by atomic mass is 9.96. The van der Waals surface area contributed by atoms with E-state index in [-0.39, 0.29) is 11.9 Å². The predicted octanol–water partition coefficient (Wildman–Crippen LogP) is 1.38. The normalized spacial score (nSPS) is 31.4. The number of nitrogens with zero attached hydrogens (tertiary/aromatic N) is 2. The number of hydrogen-bond donors (Lipinski definition) is 1. The summed E-state index contributed by atoms with van der Waals surface area (Å²) in [7, 11) is 0. The third-order valence-electron chi connectivity index (χ3n) is 4.20. The van der Waals surface area contributed by atoms with E-state index in [4.69, 9.17) is 11.6 Å². The van der Waals surface area contributed by atoms with Gasteiger partial charge >= 0.3 is 0 Å². The SMILES string of the molecule is OC(Cc1cc(Cl)ccc1F)C1CN2CCN1CC2. The van der Waals surface area contributed by atoms with Crippen LogP contribution in [0, 0.1) is 5.82 Å². The molecule has 3 fully saturated rings. The van der Waals surface area contributed by atoms with Gasteiger partial charge in [0, 0.05) is 50.2 Å². The quantitative estimate of drug-likeness (QED) is 0.909. The first-order valence-corrected chi connectivity index (χ1v) is 7.09. The number of halogens is 2. The van der Waals surface area contributed by atoms with Gasteiger partial charge in [0.15, 0.2) is 0 Å². The summed E-state index contributed by atoms with van der Waals surface area (Å²) < 4.78 is 13.7. The average molecular weight is 285 g/mol. The molecule has 4 rings (SSSR count). The van der Waals surface area contributed by atoms with Crippen LogP contribution in [0.3, 0.4) is 0 Å². The molecule has 3 saturated heterocycles. The largest absolute Gasteiger partial charge is 0.391 e. The average Bonchev–Trinajstić information content (AvgIpc) is 2.44. The molecule has 0 aromatic heterocycles. The summed E-state index contributed by atoms with van der Waals surface area (Å²) in [5.74, 6) is -0.292. The molecule has 3 heterocycles. The van der Waals surface area contributed by atoms with Gasteiger partial charge in [-0.05, 0) is 23.8 Å². The second-order valence-corrected chi connectivity index (χ2v) is 5.85. The van der Waals surface area contributed by atoms with Crippen LogP contribution in [0.1, 0.15) is 5.56 Å². The smallest absolute Gasteiger partial charge is 0.126 e. The maximum atomic E-state index is 13.7. The number of benzene rings is 1. The van der Waals surface area contributed by atoms with E-state index in [1.165, 1.54) is 12.1 Å². The number of aliphatic hydroxyl groups excluding tert-OH is 1. The zero-order chi connectivity index (χ0) is 13.4. The molecule has 2 atom stereocenters. The Hall–Kier alpha value is -0.680. The van der Waals surface area contributed by atoms with Crippen molar-refractivity contribution in [1.82, 2.24) is 9.80 Å². The molecule has 3 aliphatic heterocycles. The van der Waals surface area contributed by atoms with Gasteiger partial charge in [0.05, 0.1) is 6.10 Å². The lowest BCUT2D eigenvalue weighted by Gasteiger charge is -2.49. The Morgan fingerprint density at radius 1 is 1.32 bits per heavy atom. The van der Waals surface area contributed by atoms with Gasteiger partial charge in [-0.2, -0.15) is 0 Å². The van der Waals surface area contributed by atoms with Crippen molar-refractivity contribution >= 4 is 11.6 Å². The van der Waals surface area contributed by atoms with Crippen molar-refractivity contribution in [2.24, 2.45) is 0 Å². The van der Waals surface area contributed by atoms with Crippen molar-refractivity contribution < 1.29 is 9.50 Å². The third kappa shape index (κ3) is 2.77. The minimum Gasteiger partial charge on any atom is -0.391 e. The maximum Gasteiger partial charge on any atom is 0.126 e. The molecule has 0 saturated carbocycles. The molecular formula is C14H18ClFN2O. The Labute approximate surface area is 117 Å². The topological polar surface area (TPSA) is 26.7 Å². The van der Waals surface area contributed by atoms with Crippen LogP contribution >= 0.6 is 11.6 Å². The molecule has 3 nitrogen and oxygen atoms in total. The van der Waals surface area contributed by atoms with E-state index >= 15 is 0 Å². The van der Waals surface area contributed by atoms with Crippen LogP contribution in [0.15, 0.2) is 18.2 Å². The minimum absolute atomic E-state index is 0.112. The molecule has 2 bridgehead atoms. The number of rotatable bonds is 3. The molecule has 1 aromatic carbocycles. The van der Waals surface area contributed by atoms with E-state index in [1.54, 1.807) is 6.07 Å². The highest BCUT2D eigenvalue weighted by molar-refractivity contribution is 6.30. The number of piperazine rings is 3. The second kappa shape index (κ2) is 5.37. The predicted molar refractivity (Wildman–Crippen MR) is 72.9 cm³/mol.